The number of carbonyl (C=O) groups excluding carboxylic acids is 1. The smallest absolute Gasteiger partial charge is 0.308 e. The molecule has 144 valence electrons. The minimum atomic E-state index is -0.349. The average Bonchev–Trinajstić information content (AvgIpc) is 2.67. The molecule has 4 heteroatoms. The van der Waals surface area contributed by atoms with Gasteiger partial charge in [0.05, 0.1) is 18.1 Å². The number of hydrogen-bond acceptors (Lipinski definition) is 4. The zero-order valence-electron chi connectivity index (χ0n) is 16.3. The summed E-state index contributed by atoms with van der Waals surface area (Å²) in [6.07, 6.45) is 4.36. The van der Waals surface area contributed by atoms with Gasteiger partial charge in [-0.15, -0.1) is 6.58 Å². The number of aliphatic hydroxyl groups is 1. The maximum absolute atomic E-state index is 11.7. The highest BCUT2D eigenvalue weighted by Gasteiger charge is 2.40. The summed E-state index contributed by atoms with van der Waals surface area (Å²) in [5.41, 5.74) is 2.97. The quantitative estimate of drug-likeness (QED) is 0.494. The largest absolute Gasteiger partial charge is 0.461 e. The Hall–Kier alpha value is -2.09. The van der Waals surface area contributed by atoms with E-state index in [0.29, 0.717) is 12.3 Å². The van der Waals surface area contributed by atoms with Crippen molar-refractivity contribution in [2.75, 3.05) is 13.1 Å². The zero-order chi connectivity index (χ0) is 19.4. The van der Waals surface area contributed by atoms with Crippen LogP contribution in [-0.4, -0.2) is 41.2 Å². The second-order valence-corrected chi connectivity index (χ2v) is 7.82. The number of fused-ring (bicyclic) bond motifs is 3. The van der Waals surface area contributed by atoms with Crippen LogP contribution in [0.3, 0.4) is 0 Å². The SMILES string of the molecule is C=CCc1cc(COC(=O)C(C)C)ccc1C#CC1C(O)C2CCN1CC2. The molecule has 4 rings (SSSR count). The van der Waals surface area contributed by atoms with Gasteiger partial charge >= 0.3 is 5.97 Å². The van der Waals surface area contributed by atoms with Crippen LogP contribution in [0, 0.1) is 23.7 Å². The van der Waals surface area contributed by atoms with Crippen molar-refractivity contribution in [3.8, 4) is 11.8 Å². The number of nitrogens with zero attached hydrogens (tertiary/aromatic N) is 1. The molecule has 1 aromatic carbocycles. The molecular formula is C23H29NO3. The average molecular weight is 367 g/mol. The number of piperidine rings is 3. The van der Waals surface area contributed by atoms with E-state index in [0.717, 1.165) is 42.6 Å². The van der Waals surface area contributed by atoms with Crippen LogP contribution in [-0.2, 0) is 22.6 Å². The summed E-state index contributed by atoms with van der Waals surface area (Å²) in [6, 6.07) is 5.89. The molecule has 0 radical (unpaired) electrons. The highest BCUT2D eigenvalue weighted by molar-refractivity contribution is 5.71. The maximum Gasteiger partial charge on any atom is 0.308 e. The molecule has 0 aliphatic carbocycles. The Balaban J connectivity index is 1.75. The molecule has 0 spiro atoms. The molecule has 4 nitrogen and oxygen atoms in total. The van der Waals surface area contributed by atoms with Gasteiger partial charge in [-0.3, -0.25) is 9.69 Å². The van der Waals surface area contributed by atoms with Crippen molar-refractivity contribution in [1.82, 2.24) is 4.90 Å². The first-order valence-corrected chi connectivity index (χ1v) is 9.82. The van der Waals surface area contributed by atoms with Crippen LogP contribution in [0.4, 0.5) is 0 Å². The van der Waals surface area contributed by atoms with E-state index in [4.69, 9.17) is 4.74 Å². The number of aliphatic hydroxyl groups excluding tert-OH is 1. The van der Waals surface area contributed by atoms with Crippen LogP contribution in [0.5, 0.6) is 0 Å². The van der Waals surface area contributed by atoms with E-state index in [2.05, 4.69) is 23.3 Å². The lowest BCUT2D eigenvalue weighted by Gasteiger charge is -2.46. The normalized spacial score (nSPS) is 26.4. The molecule has 1 aromatic rings. The lowest BCUT2D eigenvalue weighted by molar-refractivity contribution is -0.148. The minimum Gasteiger partial charge on any atom is -0.461 e. The first-order chi connectivity index (χ1) is 13.0. The molecule has 3 heterocycles. The van der Waals surface area contributed by atoms with Gasteiger partial charge in [0.2, 0.25) is 0 Å². The van der Waals surface area contributed by atoms with E-state index < -0.39 is 0 Å². The van der Waals surface area contributed by atoms with Crippen molar-refractivity contribution in [2.24, 2.45) is 11.8 Å². The molecule has 2 atom stereocenters. The minimum absolute atomic E-state index is 0.0687. The summed E-state index contributed by atoms with van der Waals surface area (Å²) in [4.78, 5) is 14.0. The summed E-state index contributed by atoms with van der Waals surface area (Å²) in [5, 5.41) is 10.5. The van der Waals surface area contributed by atoms with Crippen LogP contribution in [0.15, 0.2) is 30.9 Å². The Morgan fingerprint density at radius 1 is 1.41 bits per heavy atom. The Morgan fingerprint density at radius 2 is 2.15 bits per heavy atom. The van der Waals surface area contributed by atoms with Crippen molar-refractivity contribution in [2.45, 2.75) is 51.9 Å². The van der Waals surface area contributed by atoms with E-state index in [1.165, 1.54) is 0 Å². The van der Waals surface area contributed by atoms with E-state index in [-0.39, 0.29) is 30.6 Å². The van der Waals surface area contributed by atoms with Crippen molar-refractivity contribution in [1.29, 1.82) is 0 Å². The number of allylic oxidation sites excluding steroid dienone is 1. The lowest BCUT2D eigenvalue weighted by Crippen LogP contribution is -2.57. The first-order valence-electron chi connectivity index (χ1n) is 9.82. The first kappa shape index (κ1) is 19.7. The molecular weight excluding hydrogens is 338 g/mol. The summed E-state index contributed by atoms with van der Waals surface area (Å²) >= 11 is 0. The number of hydrogen-bond donors (Lipinski definition) is 1. The fraction of sp³-hybridized carbons (Fsp3) is 0.522. The molecule has 3 saturated heterocycles. The second kappa shape index (κ2) is 8.73. The van der Waals surface area contributed by atoms with Crippen LogP contribution in [0.1, 0.15) is 43.4 Å². The van der Waals surface area contributed by atoms with Gasteiger partial charge in [0, 0.05) is 5.56 Å². The van der Waals surface area contributed by atoms with Gasteiger partial charge in [0.1, 0.15) is 6.61 Å². The predicted octanol–water partition coefficient (Wildman–Crippen LogP) is 2.92. The molecule has 2 unspecified atom stereocenters. The molecule has 2 bridgehead atoms. The van der Waals surface area contributed by atoms with Gasteiger partial charge in [-0.05, 0) is 55.5 Å². The summed E-state index contributed by atoms with van der Waals surface area (Å²) in [7, 11) is 0. The monoisotopic (exact) mass is 367 g/mol. The highest BCUT2D eigenvalue weighted by atomic mass is 16.5. The summed E-state index contributed by atoms with van der Waals surface area (Å²) in [6.45, 7) is 9.81. The number of ether oxygens (including phenoxy) is 1. The Bertz CT molecular complexity index is 749. The zero-order valence-corrected chi connectivity index (χ0v) is 16.3. The van der Waals surface area contributed by atoms with Crippen LogP contribution < -0.4 is 0 Å². The van der Waals surface area contributed by atoms with E-state index in [1.54, 1.807) is 0 Å². The second-order valence-electron chi connectivity index (χ2n) is 7.82. The summed E-state index contributed by atoms with van der Waals surface area (Å²) in [5.74, 6) is 6.66. The van der Waals surface area contributed by atoms with Gasteiger partial charge in [0.15, 0.2) is 0 Å². The summed E-state index contributed by atoms with van der Waals surface area (Å²) < 4.78 is 5.32. The Labute approximate surface area is 162 Å². The molecule has 3 fully saturated rings. The molecule has 0 amide bonds. The van der Waals surface area contributed by atoms with Crippen molar-refractivity contribution in [3.05, 3.63) is 47.5 Å². The third kappa shape index (κ3) is 4.61. The van der Waals surface area contributed by atoms with Gasteiger partial charge in [0.25, 0.3) is 0 Å². The van der Waals surface area contributed by atoms with Gasteiger partial charge < -0.3 is 9.84 Å². The molecule has 3 aliphatic heterocycles. The molecule has 27 heavy (non-hydrogen) atoms. The van der Waals surface area contributed by atoms with Crippen LogP contribution >= 0.6 is 0 Å². The van der Waals surface area contributed by atoms with Gasteiger partial charge in [-0.1, -0.05) is 43.9 Å². The maximum atomic E-state index is 11.7. The van der Waals surface area contributed by atoms with E-state index in [9.17, 15) is 9.90 Å². The topological polar surface area (TPSA) is 49.8 Å². The molecule has 0 saturated carbocycles. The van der Waals surface area contributed by atoms with Crippen molar-refractivity contribution < 1.29 is 14.6 Å². The number of esters is 1. The third-order valence-electron chi connectivity index (χ3n) is 5.52. The number of benzene rings is 1. The standard InChI is InChI=1S/C23H29NO3/c1-4-5-20-14-17(15-27-23(26)16(2)3)6-7-18(20)8-9-21-22(25)19-10-12-24(21)13-11-19/h4,6-7,14,16,19,21-22,25H,1,5,10-13,15H2,2-3H3. The van der Waals surface area contributed by atoms with Crippen LogP contribution in [0.2, 0.25) is 0 Å². The molecule has 0 aromatic heterocycles. The van der Waals surface area contributed by atoms with Crippen LogP contribution in [0.25, 0.3) is 0 Å². The fourth-order valence-corrected chi connectivity index (χ4v) is 3.85. The van der Waals surface area contributed by atoms with Crippen molar-refractivity contribution in [3.63, 3.8) is 0 Å². The predicted molar refractivity (Wildman–Crippen MR) is 106 cm³/mol. The van der Waals surface area contributed by atoms with Crippen molar-refractivity contribution >= 4 is 5.97 Å². The number of rotatable bonds is 5. The van der Waals surface area contributed by atoms with E-state index >= 15 is 0 Å². The van der Waals surface area contributed by atoms with Gasteiger partial charge in [-0.25, -0.2) is 0 Å². The molecule has 3 aliphatic rings. The van der Waals surface area contributed by atoms with Gasteiger partial charge in [-0.2, -0.15) is 0 Å². The lowest BCUT2D eigenvalue weighted by atomic mass is 9.81. The third-order valence-corrected chi connectivity index (χ3v) is 5.52. The van der Waals surface area contributed by atoms with E-state index in [1.807, 2.05) is 38.1 Å². The highest BCUT2D eigenvalue weighted by Crippen LogP contribution is 2.32. The number of carbonyl (C=O) groups is 1. The Kier molecular flexibility index (Phi) is 6.36. The fourth-order valence-electron chi connectivity index (χ4n) is 3.85. The molecule has 1 N–H and O–H groups in total. The Morgan fingerprint density at radius 3 is 2.78 bits per heavy atom.